The van der Waals surface area contributed by atoms with Gasteiger partial charge in [-0.3, -0.25) is 0 Å². The van der Waals surface area contributed by atoms with Crippen molar-refractivity contribution in [1.29, 1.82) is 0 Å². The Balaban J connectivity index is 2.32. The van der Waals surface area contributed by atoms with Crippen molar-refractivity contribution in [3.63, 3.8) is 0 Å². The van der Waals surface area contributed by atoms with Crippen molar-refractivity contribution < 1.29 is 9.06 Å². The first kappa shape index (κ1) is 14.4. The maximum absolute atomic E-state index is 6.09. The van der Waals surface area contributed by atoms with Gasteiger partial charge in [-0.05, 0) is 37.9 Å². The second kappa shape index (κ2) is 5.31. The summed E-state index contributed by atoms with van der Waals surface area (Å²) in [5.74, 6) is 0. The van der Waals surface area contributed by atoms with Gasteiger partial charge in [0.1, 0.15) is 11.4 Å². The molecule has 4 nitrogen and oxygen atoms in total. The number of nitrogens with zero attached hydrogens (tertiary/aromatic N) is 2. The number of hydrogen-bond acceptors (Lipinski definition) is 4. The quantitative estimate of drug-likeness (QED) is 0.599. The number of aromatic nitrogens is 2. The van der Waals surface area contributed by atoms with E-state index >= 15 is 0 Å². The third kappa shape index (κ3) is 3.92. The summed E-state index contributed by atoms with van der Waals surface area (Å²) in [5.41, 5.74) is 1.83. The van der Waals surface area contributed by atoms with Crippen LogP contribution < -0.4 is 0 Å². The summed E-state index contributed by atoms with van der Waals surface area (Å²) in [7, 11) is -1.60. The van der Waals surface area contributed by atoms with Crippen LogP contribution in [0.2, 0.25) is 18.1 Å². The Kier molecular flexibility index (Phi) is 4.49. The Morgan fingerprint density at radius 3 is 2.35 bits per heavy atom. The van der Waals surface area contributed by atoms with Gasteiger partial charge in [0.2, 0.25) is 0 Å². The van der Waals surface area contributed by atoms with E-state index in [4.69, 9.17) is 4.43 Å². The minimum absolute atomic E-state index is 0.276. The molecule has 1 aromatic rings. The zero-order valence-electron chi connectivity index (χ0n) is 11.8. The lowest BCUT2D eigenvalue weighted by Crippen LogP contribution is -2.41. The minimum Gasteiger partial charge on any atom is -0.417 e. The van der Waals surface area contributed by atoms with Crippen LogP contribution in [0.25, 0.3) is 0 Å². The van der Waals surface area contributed by atoms with E-state index in [2.05, 4.69) is 48.8 Å². The lowest BCUT2D eigenvalue weighted by molar-refractivity contribution is 0.278. The molecule has 98 valence electrons. The molecule has 0 radical (unpaired) electrons. The maximum Gasteiger partial charge on any atom is 0.191 e. The van der Waals surface area contributed by atoms with Gasteiger partial charge < -0.3 is 4.43 Å². The van der Waals surface area contributed by atoms with Crippen molar-refractivity contribution in [2.75, 3.05) is 6.61 Å². The molecule has 0 N–H and O–H groups in total. The lowest BCUT2D eigenvalue weighted by atomic mass is 10.2. The highest BCUT2D eigenvalue weighted by molar-refractivity contribution is 6.74. The van der Waals surface area contributed by atoms with Crippen LogP contribution in [0.5, 0.6) is 0 Å². The molecule has 1 heterocycles. The first-order valence-corrected chi connectivity index (χ1v) is 9.07. The molecule has 0 atom stereocenters. The molecule has 0 fully saturated rings. The van der Waals surface area contributed by atoms with Gasteiger partial charge in [0.25, 0.3) is 0 Å². The molecule has 17 heavy (non-hydrogen) atoms. The van der Waals surface area contributed by atoms with Crippen LogP contribution in [0.3, 0.4) is 0 Å². The van der Waals surface area contributed by atoms with Gasteiger partial charge in [-0.15, -0.1) is 0 Å². The van der Waals surface area contributed by atoms with Gasteiger partial charge in [-0.25, -0.2) is 4.63 Å². The Hall–Kier alpha value is -0.683. The normalized spacial score (nSPS) is 13.1. The molecular formula is C12H24N2O2Si. The highest BCUT2D eigenvalue weighted by Gasteiger charge is 2.36. The maximum atomic E-state index is 6.09. The summed E-state index contributed by atoms with van der Waals surface area (Å²) in [6.07, 6.45) is 1.85. The zero-order valence-corrected chi connectivity index (χ0v) is 12.8. The van der Waals surface area contributed by atoms with E-state index < -0.39 is 8.32 Å². The van der Waals surface area contributed by atoms with Crippen molar-refractivity contribution in [2.24, 2.45) is 0 Å². The standard InChI is InChI=1S/C12H24N2O2Si/c1-10-11(14-16-13-10)8-7-9-15-17(5,6)12(2,3)4/h7-9H2,1-6H3. The molecule has 0 saturated heterocycles. The largest absolute Gasteiger partial charge is 0.417 e. The van der Waals surface area contributed by atoms with Crippen LogP contribution in [0, 0.1) is 6.92 Å². The predicted molar refractivity (Wildman–Crippen MR) is 70.5 cm³/mol. The summed E-state index contributed by atoms with van der Waals surface area (Å²) in [6, 6.07) is 0. The van der Waals surface area contributed by atoms with Gasteiger partial charge in [0, 0.05) is 6.61 Å². The molecule has 1 aromatic heterocycles. The van der Waals surface area contributed by atoms with Crippen LogP contribution in [-0.4, -0.2) is 25.2 Å². The number of hydrogen-bond donors (Lipinski definition) is 0. The Labute approximate surface area is 105 Å². The van der Waals surface area contributed by atoms with Crippen molar-refractivity contribution >= 4 is 8.32 Å². The summed E-state index contributed by atoms with van der Waals surface area (Å²) in [6.45, 7) is 14.0. The second-order valence-corrected chi connectivity index (χ2v) is 10.8. The Morgan fingerprint density at radius 2 is 1.88 bits per heavy atom. The van der Waals surface area contributed by atoms with Gasteiger partial charge in [0.05, 0.1) is 0 Å². The van der Waals surface area contributed by atoms with Gasteiger partial charge in [-0.2, -0.15) is 0 Å². The summed E-state index contributed by atoms with van der Waals surface area (Å²) >= 11 is 0. The number of rotatable bonds is 5. The summed E-state index contributed by atoms with van der Waals surface area (Å²) in [5, 5.41) is 7.91. The van der Waals surface area contributed by atoms with E-state index in [0.29, 0.717) is 0 Å². The van der Waals surface area contributed by atoms with E-state index in [9.17, 15) is 0 Å². The lowest BCUT2D eigenvalue weighted by Gasteiger charge is -2.36. The second-order valence-electron chi connectivity index (χ2n) is 6.01. The third-order valence-corrected chi connectivity index (χ3v) is 8.11. The molecule has 0 bridgehead atoms. The summed E-state index contributed by atoms with van der Waals surface area (Å²) in [4.78, 5) is 0. The molecule has 0 amide bonds. The first-order chi connectivity index (χ1) is 7.74. The highest BCUT2D eigenvalue weighted by atomic mass is 28.4. The molecule has 0 aromatic carbocycles. The topological polar surface area (TPSA) is 48.2 Å². The average Bonchev–Trinajstić information content (AvgIpc) is 2.57. The molecule has 0 spiro atoms. The molecule has 1 rings (SSSR count). The van der Waals surface area contributed by atoms with Crippen LogP contribution in [0.1, 0.15) is 38.6 Å². The van der Waals surface area contributed by atoms with Crippen LogP contribution in [0.4, 0.5) is 0 Å². The van der Waals surface area contributed by atoms with E-state index in [1.165, 1.54) is 0 Å². The van der Waals surface area contributed by atoms with Crippen molar-refractivity contribution in [3.05, 3.63) is 11.4 Å². The molecule has 0 unspecified atom stereocenters. The van der Waals surface area contributed by atoms with Gasteiger partial charge in [0.15, 0.2) is 8.32 Å². The number of aryl methyl sites for hydroxylation is 2. The molecule has 0 aliphatic carbocycles. The van der Waals surface area contributed by atoms with Gasteiger partial charge >= 0.3 is 0 Å². The Bertz CT molecular complexity index is 356. The molecular weight excluding hydrogens is 232 g/mol. The smallest absolute Gasteiger partial charge is 0.191 e. The van der Waals surface area contributed by atoms with Crippen LogP contribution in [0.15, 0.2) is 4.63 Å². The fraction of sp³-hybridized carbons (Fsp3) is 0.833. The van der Waals surface area contributed by atoms with E-state index in [1.807, 2.05) is 6.92 Å². The molecule has 0 saturated carbocycles. The van der Waals surface area contributed by atoms with E-state index in [1.54, 1.807) is 0 Å². The monoisotopic (exact) mass is 256 g/mol. The van der Waals surface area contributed by atoms with Crippen molar-refractivity contribution in [3.8, 4) is 0 Å². The molecule has 0 aliphatic rings. The van der Waals surface area contributed by atoms with Crippen molar-refractivity contribution in [1.82, 2.24) is 10.3 Å². The van der Waals surface area contributed by atoms with Crippen molar-refractivity contribution in [2.45, 2.75) is 58.7 Å². The minimum atomic E-state index is -1.60. The van der Waals surface area contributed by atoms with Gasteiger partial charge in [-0.1, -0.05) is 31.1 Å². The zero-order chi connectivity index (χ0) is 13.1. The Morgan fingerprint density at radius 1 is 1.24 bits per heavy atom. The van der Waals surface area contributed by atoms with E-state index in [-0.39, 0.29) is 5.04 Å². The molecule has 0 aliphatic heterocycles. The van der Waals surface area contributed by atoms with E-state index in [0.717, 1.165) is 30.8 Å². The molecule has 5 heteroatoms. The predicted octanol–water partition coefficient (Wildman–Crippen LogP) is 3.33. The summed E-state index contributed by atoms with van der Waals surface area (Å²) < 4.78 is 10.8. The SMILES string of the molecule is Cc1nonc1CCCO[Si](C)(C)C(C)(C)C. The average molecular weight is 256 g/mol. The highest BCUT2D eigenvalue weighted by Crippen LogP contribution is 2.36. The van der Waals surface area contributed by atoms with Crippen LogP contribution in [-0.2, 0) is 10.8 Å². The first-order valence-electron chi connectivity index (χ1n) is 6.16. The van der Waals surface area contributed by atoms with Crippen LogP contribution >= 0.6 is 0 Å². The fourth-order valence-electron chi connectivity index (χ4n) is 1.26. The fourth-order valence-corrected chi connectivity index (χ4v) is 2.35. The third-order valence-electron chi connectivity index (χ3n) is 3.57.